The number of halogens is 2. The molecule has 1 N–H and O–H groups in total. The van der Waals surface area contributed by atoms with E-state index >= 15 is 0 Å². The Kier molecular flexibility index (Phi) is 8.13. The van der Waals surface area contributed by atoms with Gasteiger partial charge in [0.2, 0.25) is 0 Å². The Balaban J connectivity index is 0.00000121. The van der Waals surface area contributed by atoms with Gasteiger partial charge in [-0.15, -0.1) is 0 Å². The van der Waals surface area contributed by atoms with Gasteiger partial charge in [-0.1, -0.05) is 0 Å². The number of aliphatic hydroxyl groups excluding tert-OH is 1. The topological polar surface area (TPSA) is 29.5 Å². The Labute approximate surface area is 155 Å². The molecule has 0 saturated heterocycles. The minimum atomic E-state index is -0.746. The van der Waals surface area contributed by atoms with Gasteiger partial charge in [-0.05, 0) is 0 Å². The number of ether oxygens (including phenoxy) is 1. The van der Waals surface area contributed by atoms with Crippen LogP contribution in [0.25, 0.3) is 6.08 Å². The standard InChI is InChI=1S/C10H9.C7H9O2.2ClH.Zr/c1-8-6-9-4-2-3-5-10(9)7-8;8-5-6-9-7-3-1-2-4-7;;;/h2-7H,1H3;1,3,8H,2,5-6H2;2*1H;/q;;;;+2/p-2. The molecule has 0 spiro atoms. The van der Waals surface area contributed by atoms with Crippen LogP contribution in [0.1, 0.15) is 28.1 Å². The number of aliphatic hydroxyl groups is 1. The first-order valence-electron chi connectivity index (χ1n) is 6.96. The summed E-state index contributed by atoms with van der Waals surface area (Å²) in [5.41, 5.74) is 4.39. The molecule has 2 aliphatic carbocycles. The molecule has 1 aromatic rings. The van der Waals surface area contributed by atoms with Crippen molar-refractivity contribution >= 4 is 6.08 Å². The predicted molar refractivity (Wildman–Crippen MR) is 76.7 cm³/mol. The molecule has 0 aromatic heterocycles. The molecule has 1 atom stereocenters. The van der Waals surface area contributed by atoms with E-state index in [0.29, 0.717) is 10.2 Å². The number of benzene rings is 1. The van der Waals surface area contributed by atoms with Crippen molar-refractivity contribution in [1.82, 2.24) is 0 Å². The van der Waals surface area contributed by atoms with E-state index in [0.717, 1.165) is 12.2 Å². The van der Waals surface area contributed by atoms with Crippen LogP contribution in [0.15, 0.2) is 51.0 Å². The van der Waals surface area contributed by atoms with Crippen molar-refractivity contribution in [3.05, 3.63) is 62.2 Å². The fourth-order valence-electron chi connectivity index (χ4n) is 2.75. The second kappa shape index (κ2) is 9.08. The third-order valence-electron chi connectivity index (χ3n) is 3.70. The first kappa shape index (κ1) is 19.7. The van der Waals surface area contributed by atoms with Crippen molar-refractivity contribution in [2.24, 2.45) is 0 Å². The monoisotopic (exact) mass is 414 g/mol. The summed E-state index contributed by atoms with van der Waals surface area (Å²) < 4.78 is 7.81. The quantitative estimate of drug-likeness (QED) is 0.572. The van der Waals surface area contributed by atoms with Gasteiger partial charge >= 0.3 is 131 Å². The average Bonchev–Trinajstić information content (AvgIpc) is 3.02. The van der Waals surface area contributed by atoms with E-state index in [4.69, 9.17) is 9.84 Å². The van der Waals surface area contributed by atoms with Gasteiger partial charge in [-0.2, -0.15) is 0 Å². The predicted octanol–water partition coefficient (Wildman–Crippen LogP) is -2.58. The number of hydrogen-bond acceptors (Lipinski definition) is 2. The fraction of sp³-hybridized carbons (Fsp3) is 0.294. The molecule has 5 heteroatoms. The molecule has 22 heavy (non-hydrogen) atoms. The molecule has 2 nitrogen and oxygen atoms in total. The van der Waals surface area contributed by atoms with E-state index in [1.54, 1.807) is 0 Å². The van der Waals surface area contributed by atoms with E-state index in [1.807, 2.05) is 0 Å². The molecule has 0 heterocycles. The Bertz CT molecular complexity index is 608. The molecular weight excluding hydrogens is 398 g/mol. The van der Waals surface area contributed by atoms with E-state index in [1.165, 1.54) is 20.0 Å². The van der Waals surface area contributed by atoms with Gasteiger partial charge in [0.1, 0.15) is 0 Å². The SMILES string of the molecule is CC1=Cc2ccccc2[CH]1[Zr+2][C]1=C(OCCO)C=CC1.[Cl-].[Cl-]. The second-order valence-corrected chi connectivity index (χ2v) is 8.73. The zero-order chi connectivity index (χ0) is 13.9. The molecule has 0 radical (unpaired) electrons. The number of hydrogen-bond donors (Lipinski definition) is 1. The van der Waals surface area contributed by atoms with Crippen LogP contribution in [-0.4, -0.2) is 18.3 Å². The molecular formula is C17H18Cl2O2Zr. The van der Waals surface area contributed by atoms with Crippen LogP contribution in [-0.2, 0) is 28.0 Å². The van der Waals surface area contributed by atoms with E-state index in [2.05, 4.69) is 49.4 Å². The van der Waals surface area contributed by atoms with Crippen molar-refractivity contribution in [2.45, 2.75) is 17.0 Å². The van der Waals surface area contributed by atoms with Gasteiger partial charge in [0.05, 0.1) is 0 Å². The maximum atomic E-state index is 8.90. The Morgan fingerprint density at radius 2 is 2.05 bits per heavy atom. The smallest absolute Gasteiger partial charge is 1.00 e. The third kappa shape index (κ3) is 4.14. The van der Waals surface area contributed by atoms with Gasteiger partial charge in [0.25, 0.3) is 0 Å². The average molecular weight is 416 g/mol. The molecule has 0 fully saturated rings. The molecule has 116 valence electrons. The summed E-state index contributed by atoms with van der Waals surface area (Å²) in [5, 5.41) is 8.90. The molecule has 0 aliphatic heterocycles. The van der Waals surface area contributed by atoms with Crippen molar-refractivity contribution < 1.29 is 57.9 Å². The van der Waals surface area contributed by atoms with E-state index in [-0.39, 0.29) is 31.4 Å². The third-order valence-corrected chi connectivity index (χ3v) is 8.26. The van der Waals surface area contributed by atoms with Crippen LogP contribution in [0.3, 0.4) is 0 Å². The summed E-state index contributed by atoms with van der Waals surface area (Å²) in [6.45, 7) is 2.74. The molecule has 0 amide bonds. The van der Waals surface area contributed by atoms with Gasteiger partial charge in [0.15, 0.2) is 0 Å². The van der Waals surface area contributed by atoms with E-state index in [9.17, 15) is 0 Å². The van der Waals surface area contributed by atoms with Gasteiger partial charge in [-0.25, -0.2) is 0 Å². The molecule has 0 saturated carbocycles. The number of allylic oxidation sites excluding steroid dienone is 4. The van der Waals surface area contributed by atoms with Gasteiger partial charge in [0, 0.05) is 0 Å². The van der Waals surface area contributed by atoms with Crippen molar-refractivity contribution in [1.29, 1.82) is 0 Å². The zero-order valence-corrected chi connectivity index (χ0v) is 16.3. The Morgan fingerprint density at radius 3 is 2.82 bits per heavy atom. The van der Waals surface area contributed by atoms with Crippen LogP contribution in [0.5, 0.6) is 0 Å². The number of fused-ring (bicyclic) bond motifs is 1. The second-order valence-electron chi connectivity index (χ2n) is 5.12. The van der Waals surface area contributed by atoms with Crippen LogP contribution in [0, 0.1) is 0 Å². The van der Waals surface area contributed by atoms with Crippen molar-refractivity contribution in [2.75, 3.05) is 13.2 Å². The summed E-state index contributed by atoms with van der Waals surface area (Å²) in [5.74, 6) is 1.03. The summed E-state index contributed by atoms with van der Waals surface area (Å²) in [4.78, 5) is 0. The summed E-state index contributed by atoms with van der Waals surface area (Å²) >= 11 is -0.746. The minimum Gasteiger partial charge on any atom is -1.00 e. The van der Waals surface area contributed by atoms with Crippen molar-refractivity contribution in [3.8, 4) is 0 Å². The molecule has 1 aromatic carbocycles. The fourth-order valence-corrected chi connectivity index (χ4v) is 6.71. The normalized spacial score (nSPS) is 18.1. The maximum absolute atomic E-state index is 8.90. The maximum Gasteiger partial charge on any atom is -1.00 e. The van der Waals surface area contributed by atoms with Crippen molar-refractivity contribution in [3.63, 3.8) is 0 Å². The Hall–Kier alpha value is -0.337. The minimum absolute atomic E-state index is 0. The molecule has 0 bridgehead atoms. The van der Waals surface area contributed by atoms with Crippen LogP contribution in [0.4, 0.5) is 0 Å². The first-order valence-corrected chi connectivity index (χ1v) is 9.61. The summed E-state index contributed by atoms with van der Waals surface area (Å²) in [6.07, 6.45) is 7.63. The molecule has 1 unspecified atom stereocenters. The number of rotatable bonds is 5. The van der Waals surface area contributed by atoms with Gasteiger partial charge in [-0.3, -0.25) is 0 Å². The first-order chi connectivity index (χ1) is 9.79. The molecule has 2 aliphatic rings. The molecule has 3 rings (SSSR count). The largest absolute Gasteiger partial charge is 1.00 e. The summed E-state index contributed by atoms with van der Waals surface area (Å²) in [6, 6.07) is 8.73. The van der Waals surface area contributed by atoms with Crippen LogP contribution in [0.2, 0.25) is 0 Å². The summed E-state index contributed by atoms with van der Waals surface area (Å²) in [7, 11) is 0. The van der Waals surface area contributed by atoms with E-state index < -0.39 is 23.2 Å². The van der Waals surface area contributed by atoms with Gasteiger partial charge < -0.3 is 24.8 Å². The van der Waals surface area contributed by atoms with Crippen LogP contribution >= 0.6 is 0 Å². The Morgan fingerprint density at radius 1 is 1.27 bits per heavy atom. The van der Waals surface area contributed by atoms with Crippen LogP contribution < -0.4 is 24.8 Å². The zero-order valence-electron chi connectivity index (χ0n) is 12.4.